The maximum atomic E-state index is 4.98. The zero-order valence-electron chi connectivity index (χ0n) is 16.5. The second-order valence-electron chi connectivity index (χ2n) is 6.68. The van der Waals surface area contributed by atoms with Crippen LogP contribution in [0.5, 0.6) is 0 Å². The minimum absolute atomic E-state index is 0.547. The molecule has 4 nitrogen and oxygen atoms in total. The van der Waals surface area contributed by atoms with Crippen LogP contribution < -0.4 is 5.32 Å². The van der Waals surface area contributed by atoms with Crippen LogP contribution in [-0.4, -0.2) is 35.8 Å². The highest BCUT2D eigenvalue weighted by Crippen LogP contribution is 2.29. The Kier molecular flexibility index (Phi) is 9.93. The summed E-state index contributed by atoms with van der Waals surface area (Å²) in [5, 5.41) is 3.49. The number of pyridine rings is 1. The minimum atomic E-state index is 0.547. The first-order valence-corrected chi connectivity index (χ1v) is 11.8. The molecule has 2 rings (SSSR count). The molecule has 146 valence electrons. The molecule has 0 radical (unpaired) electrons. The normalized spacial score (nSPS) is 20.8. The summed E-state index contributed by atoms with van der Waals surface area (Å²) in [7, 11) is 1.05. The summed E-state index contributed by atoms with van der Waals surface area (Å²) < 4.78 is 0.953. The van der Waals surface area contributed by atoms with Crippen LogP contribution in [0.15, 0.2) is 56.5 Å². The lowest BCUT2D eigenvalue weighted by atomic mass is 9.98. The fraction of sp³-hybridized carbons (Fsp3) is 0.476. The Morgan fingerprint density at radius 3 is 2.96 bits per heavy atom. The first kappa shape index (κ1) is 22.0. The molecular formula is C21H30BrN4P. The van der Waals surface area contributed by atoms with E-state index in [0.29, 0.717) is 5.92 Å². The van der Waals surface area contributed by atoms with Crippen molar-refractivity contribution in [2.45, 2.75) is 40.2 Å². The van der Waals surface area contributed by atoms with Crippen molar-refractivity contribution in [2.75, 3.05) is 18.9 Å². The molecule has 0 aliphatic carbocycles. The third-order valence-corrected chi connectivity index (χ3v) is 6.67. The molecule has 2 heterocycles. The summed E-state index contributed by atoms with van der Waals surface area (Å²) in [4.78, 5) is 13.5. The minimum Gasteiger partial charge on any atom is -0.384 e. The number of nitrogens with one attached hydrogen (secondary N) is 1. The van der Waals surface area contributed by atoms with Gasteiger partial charge in [0, 0.05) is 49.0 Å². The first-order valence-electron chi connectivity index (χ1n) is 9.56. The molecule has 1 saturated heterocycles. The molecule has 1 fully saturated rings. The Labute approximate surface area is 173 Å². The number of nitrogens with zero attached hydrogens (tertiary/aromatic N) is 3. The zero-order chi connectivity index (χ0) is 19.5. The Bertz CT molecular complexity index is 704. The van der Waals surface area contributed by atoms with Crippen LogP contribution in [0, 0.1) is 5.92 Å². The summed E-state index contributed by atoms with van der Waals surface area (Å²) >= 11 is 3.61. The number of hydrogen-bond acceptors (Lipinski definition) is 4. The van der Waals surface area contributed by atoms with E-state index in [-0.39, 0.29) is 0 Å². The number of hydrogen-bond donors (Lipinski definition) is 1. The fourth-order valence-corrected chi connectivity index (χ4v) is 4.53. The van der Waals surface area contributed by atoms with Gasteiger partial charge in [-0.1, -0.05) is 6.07 Å². The predicted molar refractivity (Wildman–Crippen MR) is 124 cm³/mol. The number of allylic oxidation sites excluding steroid dienone is 4. The summed E-state index contributed by atoms with van der Waals surface area (Å²) in [5.74, 6) is 0.547. The molecule has 6 heteroatoms. The van der Waals surface area contributed by atoms with Crippen molar-refractivity contribution in [3.63, 3.8) is 0 Å². The SMILES string of the molecule is CCN=C/C(Br)=C(C)/N=C(/C=C(\C)NCc1cccnc1)C1CCCPC1. The third kappa shape index (κ3) is 8.06. The Morgan fingerprint density at radius 2 is 2.30 bits per heavy atom. The van der Waals surface area contributed by atoms with E-state index in [9.17, 15) is 0 Å². The largest absolute Gasteiger partial charge is 0.384 e. The number of aromatic nitrogens is 1. The van der Waals surface area contributed by atoms with Crippen LogP contribution >= 0.6 is 24.5 Å². The van der Waals surface area contributed by atoms with Crippen molar-refractivity contribution < 1.29 is 0 Å². The molecule has 0 amide bonds. The van der Waals surface area contributed by atoms with E-state index < -0.39 is 0 Å². The maximum Gasteiger partial charge on any atom is 0.0565 e. The van der Waals surface area contributed by atoms with E-state index in [2.05, 4.69) is 50.3 Å². The summed E-state index contributed by atoms with van der Waals surface area (Å²) in [5.41, 5.74) is 4.47. The van der Waals surface area contributed by atoms with Crippen LogP contribution in [0.25, 0.3) is 0 Å². The summed E-state index contributed by atoms with van der Waals surface area (Å²) in [6.45, 7) is 7.74. The van der Waals surface area contributed by atoms with Crippen LogP contribution in [0.2, 0.25) is 0 Å². The molecular weight excluding hydrogens is 419 g/mol. The van der Waals surface area contributed by atoms with Crippen molar-refractivity contribution in [1.29, 1.82) is 0 Å². The van der Waals surface area contributed by atoms with E-state index in [0.717, 1.165) is 37.5 Å². The van der Waals surface area contributed by atoms with Gasteiger partial charge in [-0.15, -0.1) is 8.58 Å². The molecule has 0 saturated carbocycles. The van der Waals surface area contributed by atoms with Gasteiger partial charge in [0.1, 0.15) is 0 Å². The van der Waals surface area contributed by atoms with Gasteiger partial charge in [-0.3, -0.25) is 15.0 Å². The molecule has 0 bridgehead atoms. The molecule has 2 unspecified atom stereocenters. The highest BCUT2D eigenvalue weighted by molar-refractivity contribution is 9.12. The van der Waals surface area contributed by atoms with Gasteiger partial charge in [-0.2, -0.15) is 0 Å². The highest BCUT2D eigenvalue weighted by Gasteiger charge is 2.18. The molecule has 2 atom stereocenters. The number of rotatable bonds is 8. The van der Waals surface area contributed by atoms with Gasteiger partial charge in [0.25, 0.3) is 0 Å². The molecule has 1 aromatic heterocycles. The quantitative estimate of drug-likeness (QED) is 0.431. The van der Waals surface area contributed by atoms with Crippen LogP contribution in [0.4, 0.5) is 0 Å². The van der Waals surface area contributed by atoms with Crippen molar-refractivity contribution in [3.05, 3.63) is 52.0 Å². The average Bonchev–Trinajstić information content (AvgIpc) is 2.71. The molecule has 1 aromatic rings. The number of aliphatic imine (C=N–C) groups is 2. The topological polar surface area (TPSA) is 49.6 Å². The lowest BCUT2D eigenvalue weighted by Gasteiger charge is -2.23. The maximum absolute atomic E-state index is 4.98. The van der Waals surface area contributed by atoms with Gasteiger partial charge in [-0.25, -0.2) is 0 Å². The van der Waals surface area contributed by atoms with Gasteiger partial charge in [0.15, 0.2) is 0 Å². The lowest BCUT2D eigenvalue weighted by Crippen LogP contribution is -2.21. The molecule has 1 N–H and O–H groups in total. The van der Waals surface area contributed by atoms with E-state index in [1.165, 1.54) is 36.4 Å². The predicted octanol–water partition coefficient (Wildman–Crippen LogP) is 5.32. The monoisotopic (exact) mass is 448 g/mol. The van der Waals surface area contributed by atoms with Gasteiger partial charge < -0.3 is 5.32 Å². The summed E-state index contributed by atoms with van der Waals surface area (Å²) in [6, 6.07) is 4.05. The Balaban J connectivity index is 2.18. The van der Waals surface area contributed by atoms with E-state index in [1.807, 2.05) is 32.3 Å². The number of halogens is 1. The van der Waals surface area contributed by atoms with E-state index in [4.69, 9.17) is 4.99 Å². The molecule has 27 heavy (non-hydrogen) atoms. The first-order chi connectivity index (χ1) is 13.1. The van der Waals surface area contributed by atoms with Gasteiger partial charge in [-0.05, 0) is 79.6 Å². The average molecular weight is 449 g/mol. The van der Waals surface area contributed by atoms with Crippen LogP contribution in [0.1, 0.15) is 39.2 Å². The molecule has 1 aliphatic rings. The lowest BCUT2D eigenvalue weighted by molar-refractivity contribution is 0.657. The fourth-order valence-electron chi connectivity index (χ4n) is 2.87. The Hall–Kier alpha value is -1.32. The van der Waals surface area contributed by atoms with Gasteiger partial charge in [0.05, 0.1) is 10.2 Å². The molecule has 0 spiro atoms. The highest BCUT2D eigenvalue weighted by atomic mass is 79.9. The van der Waals surface area contributed by atoms with Crippen LogP contribution in [-0.2, 0) is 6.54 Å². The zero-order valence-corrected chi connectivity index (χ0v) is 19.1. The van der Waals surface area contributed by atoms with E-state index in [1.54, 1.807) is 6.20 Å². The smallest absolute Gasteiger partial charge is 0.0565 e. The van der Waals surface area contributed by atoms with Gasteiger partial charge in [0.2, 0.25) is 0 Å². The van der Waals surface area contributed by atoms with Crippen molar-refractivity contribution in [1.82, 2.24) is 10.3 Å². The standard InChI is InChI=1S/C21H30BrN4P/c1-4-23-14-20(22)17(3)26-21(19-8-6-10-27-15-19)11-16(2)25-13-18-7-5-9-24-12-18/h5,7,9,11-12,14,19,25,27H,4,6,8,10,13,15H2,1-3H3/b16-11+,20-17-,23-14?,26-21-. The second-order valence-corrected chi connectivity index (χ2v) is 8.95. The van der Waals surface area contributed by atoms with Crippen molar-refractivity contribution in [3.8, 4) is 0 Å². The van der Waals surface area contributed by atoms with E-state index >= 15 is 0 Å². The second kappa shape index (κ2) is 12.2. The molecule has 0 aromatic carbocycles. The molecule has 1 aliphatic heterocycles. The third-order valence-electron chi connectivity index (χ3n) is 4.40. The Morgan fingerprint density at radius 1 is 1.44 bits per heavy atom. The van der Waals surface area contributed by atoms with Gasteiger partial charge >= 0.3 is 0 Å². The van der Waals surface area contributed by atoms with Crippen molar-refractivity contribution in [2.24, 2.45) is 15.9 Å². The van der Waals surface area contributed by atoms with Crippen molar-refractivity contribution >= 4 is 36.4 Å². The van der Waals surface area contributed by atoms with Crippen LogP contribution in [0.3, 0.4) is 0 Å². The summed E-state index contributed by atoms with van der Waals surface area (Å²) in [6.07, 6.45) is 12.9.